The third-order valence-electron chi connectivity index (χ3n) is 4.82. The first-order valence-corrected chi connectivity index (χ1v) is 8.86. The van der Waals surface area contributed by atoms with Crippen molar-refractivity contribution in [3.63, 3.8) is 0 Å². The number of nitriles is 1. The molecule has 0 bridgehead atoms. The number of hydrogen-bond acceptors (Lipinski definition) is 6. The lowest BCUT2D eigenvalue weighted by Crippen LogP contribution is -2.45. The fourth-order valence-electron chi connectivity index (χ4n) is 3.84. The molecule has 0 fully saturated rings. The van der Waals surface area contributed by atoms with Crippen molar-refractivity contribution in [2.75, 3.05) is 20.7 Å². The minimum atomic E-state index is -0.484. The third-order valence-corrected chi connectivity index (χ3v) is 4.82. The molecule has 0 aromatic heterocycles. The summed E-state index contributed by atoms with van der Waals surface area (Å²) < 4.78 is 5.78. The van der Waals surface area contributed by atoms with Gasteiger partial charge in [-0.25, -0.2) is 5.01 Å². The molecule has 6 nitrogen and oxygen atoms in total. The lowest BCUT2D eigenvalue weighted by atomic mass is 9.76. The Morgan fingerprint density at radius 1 is 1.35 bits per heavy atom. The Morgan fingerprint density at radius 3 is 2.73 bits per heavy atom. The minimum absolute atomic E-state index is 0.0784. The first-order chi connectivity index (χ1) is 12.5. The molecule has 0 amide bonds. The van der Waals surface area contributed by atoms with E-state index in [4.69, 9.17) is 10.5 Å². The van der Waals surface area contributed by atoms with Crippen LogP contribution < -0.4 is 10.5 Å². The predicted molar refractivity (Wildman–Crippen MR) is 98.6 cm³/mol. The molecule has 0 saturated heterocycles. The molecule has 2 aliphatic rings. The van der Waals surface area contributed by atoms with Gasteiger partial charge in [0, 0.05) is 37.3 Å². The number of hydrogen-bond donors (Lipinski definition) is 1. The van der Waals surface area contributed by atoms with Crippen LogP contribution in [0.5, 0.6) is 5.75 Å². The molecule has 0 saturated carbocycles. The van der Waals surface area contributed by atoms with Gasteiger partial charge in [0.1, 0.15) is 11.6 Å². The molecule has 1 aromatic rings. The number of nitrogens with zero attached hydrogens (tertiary/aromatic N) is 3. The van der Waals surface area contributed by atoms with Gasteiger partial charge in [0.15, 0.2) is 5.78 Å². The van der Waals surface area contributed by atoms with E-state index in [9.17, 15) is 10.1 Å². The summed E-state index contributed by atoms with van der Waals surface area (Å²) in [5.41, 5.74) is 9.15. The molecule has 6 heteroatoms. The van der Waals surface area contributed by atoms with Crippen LogP contribution in [-0.2, 0) is 4.79 Å². The Kier molecular flexibility index (Phi) is 5.01. The fourth-order valence-corrected chi connectivity index (χ4v) is 3.84. The second-order valence-corrected chi connectivity index (χ2v) is 6.61. The van der Waals surface area contributed by atoms with E-state index in [1.54, 1.807) is 5.01 Å². The number of carbonyl (C=O) groups excluding carboxylic acids is 1. The molecular weight excluding hydrogens is 328 g/mol. The first kappa shape index (κ1) is 18.0. The highest BCUT2D eigenvalue weighted by Gasteiger charge is 2.41. The Hall–Kier alpha value is -2.78. The number of para-hydroxylation sites is 1. The average molecular weight is 352 g/mol. The predicted octanol–water partition coefficient (Wildman–Crippen LogP) is 2.66. The van der Waals surface area contributed by atoms with E-state index in [-0.39, 0.29) is 5.78 Å². The summed E-state index contributed by atoms with van der Waals surface area (Å²) >= 11 is 0. The average Bonchev–Trinajstić information content (AvgIpc) is 2.61. The van der Waals surface area contributed by atoms with Crippen LogP contribution in [-0.4, -0.2) is 36.5 Å². The van der Waals surface area contributed by atoms with Gasteiger partial charge in [0.05, 0.1) is 24.2 Å². The summed E-state index contributed by atoms with van der Waals surface area (Å²) in [6.45, 7) is 2.42. The molecule has 1 aliphatic carbocycles. The van der Waals surface area contributed by atoms with Gasteiger partial charge in [-0.1, -0.05) is 18.2 Å². The number of ketones is 1. The van der Waals surface area contributed by atoms with Crippen molar-refractivity contribution >= 4 is 5.78 Å². The lowest BCUT2D eigenvalue weighted by molar-refractivity contribution is -0.116. The Morgan fingerprint density at radius 2 is 2.08 bits per heavy atom. The molecule has 2 N–H and O–H groups in total. The highest BCUT2D eigenvalue weighted by Crippen LogP contribution is 2.46. The van der Waals surface area contributed by atoms with Crippen molar-refractivity contribution in [3.05, 3.63) is 52.5 Å². The van der Waals surface area contributed by atoms with Crippen LogP contribution in [0.4, 0.5) is 0 Å². The summed E-state index contributed by atoms with van der Waals surface area (Å²) in [7, 11) is 3.72. The minimum Gasteiger partial charge on any atom is -0.494 e. The fraction of sp³-hybridized carbons (Fsp3) is 0.400. The maximum atomic E-state index is 12.9. The van der Waals surface area contributed by atoms with E-state index >= 15 is 0 Å². The van der Waals surface area contributed by atoms with Crippen LogP contribution >= 0.6 is 0 Å². The van der Waals surface area contributed by atoms with Crippen LogP contribution in [0.1, 0.15) is 37.7 Å². The van der Waals surface area contributed by atoms with E-state index in [2.05, 4.69) is 6.07 Å². The zero-order valence-corrected chi connectivity index (χ0v) is 15.5. The summed E-state index contributed by atoms with van der Waals surface area (Å²) in [5.74, 6) is 0.655. The first-order valence-electron chi connectivity index (χ1n) is 8.86. The highest BCUT2D eigenvalue weighted by atomic mass is 16.5. The summed E-state index contributed by atoms with van der Waals surface area (Å²) in [4.78, 5) is 12.9. The second-order valence-electron chi connectivity index (χ2n) is 6.61. The Bertz CT molecular complexity index is 832. The largest absolute Gasteiger partial charge is 0.494 e. The van der Waals surface area contributed by atoms with Crippen LogP contribution in [0.3, 0.4) is 0 Å². The van der Waals surface area contributed by atoms with Crippen molar-refractivity contribution in [1.29, 1.82) is 5.26 Å². The van der Waals surface area contributed by atoms with Crippen LogP contribution in [0.15, 0.2) is 46.9 Å². The number of carbonyl (C=O) groups is 1. The topological polar surface area (TPSA) is 82.6 Å². The van der Waals surface area contributed by atoms with Crippen molar-refractivity contribution in [1.82, 2.24) is 10.0 Å². The van der Waals surface area contributed by atoms with Gasteiger partial charge < -0.3 is 10.5 Å². The van der Waals surface area contributed by atoms with Crippen molar-refractivity contribution < 1.29 is 9.53 Å². The Balaban J connectivity index is 2.27. The van der Waals surface area contributed by atoms with Gasteiger partial charge >= 0.3 is 0 Å². The number of nitrogens with two attached hydrogens (primary N) is 1. The highest BCUT2D eigenvalue weighted by molar-refractivity contribution is 6.00. The number of Topliss-reactive ketones (excluding diaryl/α,β-unsaturated/α-hetero) is 1. The van der Waals surface area contributed by atoms with Crippen molar-refractivity contribution in [2.24, 2.45) is 5.73 Å². The van der Waals surface area contributed by atoms with Gasteiger partial charge in [-0.3, -0.25) is 9.80 Å². The molecule has 0 spiro atoms. The van der Waals surface area contributed by atoms with E-state index < -0.39 is 5.92 Å². The molecular formula is C20H24N4O2. The smallest absolute Gasteiger partial charge is 0.161 e. The van der Waals surface area contributed by atoms with Crippen molar-refractivity contribution in [2.45, 2.75) is 32.1 Å². The number of hydrazine groups is 1. The molecule has 1 heterocycles. The monoisotopic (exact) mass is 352 g/mol. The number of rotatable bonds is 4. The van der Waals surface area contributed by atoms with Crippen molar-refractivity contribution in [3.8, 4) is 11.8 Å². The molecule has 3 rings (SSSR count). The van der Waals surface area contributed by atoms with E-state index in [1.807, 2.05) is 50.3 Å². The van der Waals surface area contributed by atoms with E-state index in [0.717, 1.165) is 24.1 Å². The summed E-state index contributed by atoms with van der Waals surface area (Å²) in [6.07, 6.45) is 2.04. The zero-order chi connectivity index (χ0) is 18.8. The van der Waals surface area contributed by atoms with E-state index in [0.29, 0.717) is 35.7 Å². The number of benzene rings is 1. The maximum Gasteiger partial charge on any atom is 0.161 e. The summed E-state index contributed by atoms with van der Waals surface area (Å²) in [6, 6.07) is 9.83. The number of allylic oxidation sites excluding steroid dienone is 3. The normalized spacial score (nSPS) is 20.3. The lowest BCUT2D eigenvalue weighted by Gasteiger charge is -2.42. The zero-order valence-electron chi connectivity index (χ0n) is 15.5. The quantitative estimate of drug-likeness (QED) is 0.897. The molecule has 136 valence electrons. The SMILES string of the molecule is CCOc1ccccc1[C@H]1C(C#N)=C(N)N(N(C)C)C2=C1C(=O)CCC2. The van der Waals surface area contributed by atoms with Gasteiger partial charge in [-0.2, -0.15) is 5.26 Å². The molecule has 26 heavy (non-hydrogen) atoms. The second kappa shape index (κ2) is 7.22. The molecule has 1 aromatic carbocycles. The van der Waals surface area contributed by atoms with Gasteiger partial charge in [-0.05, 0) is 25.8 Å². The molecule has 0 unspecified atom stereocenters. The molecule has 0 radical (unpaired) electrons. The van der Waals surface area contributed by atoms with E-state index in [1.165, 1.54) is 0 Å². The third kappa shape index (κ3) is 2.85. The summed E-state index contributed by atoms with van der Waals surface area (Å²) in [5, 5.41) is 13.5. The van der Waals surface area contributed by atoms with Gasteiger partial charge in [0.2, 0.25) is 0 Å². The molecule has 1 atom stereocenters. The van der Waals surface area contributed by atoms with Crippen LogP contribution in [0, 0.1) is 11.3 Å². The van der Waals surface area contributed by atoms with Crippen LogP contribution in [0.25, 0.3) is 0 Å². The maximum absolute atomic E-state index is 12.9. The molecule has 1 aliphatic heterocycles. The standard InChI is InChI=1S/C20H24N4O2/c1-4-26-17-11-6-5-8-13(17)18-14(12-21)20(22)24(23(2)3)15-9-7-10-16(25)19(15)18/h5-6,8,11,18H,4,7,9-10,22H2,1-3H3/t18-/m0/s1. The van der Waals surface area contributed by atoms with Crippen LogP contribution in [0.2, 0.25) is 0 Å². The van der Waals surface area contributed by atoms with Gasteiger partial charge in [-0.15, -0.1) is 0 Å². The van der Waals surface area contributed by atoms with Gasteiger partial charge in [0.25, 0.3) is 0 Å². The Labute approximate surface area is 154 Å². The number of ether oxygens (including phenoxy) is 1.